The Balaban J connectivity index is 2.40. The molecule has 0 saturated carbocycles. The topological polar surface area (TPSA) is 186 Å². The highest BCUT2D eigenvalue weighted by Crippen LogP contribution is 2.46. The van der Waals surface area contributed by atoms with E-state index in [-0.39, 0.29) is 16.5 Å². The molecule has 134 valence electrons. The average molecular weight is 364 g/mol. The zero-order valence-electron chi connectivity index (χ0n) is 12.6. The molecule has 26 heavy (non-hydrogen) atoms. The second kappa shape index (κ2) is 5.58. The standard InChI is InChI=1S/C13H8N4O9/c18-14(19)9-6-5-8(13(15(20)21,16(22)23)17(24)25)11-7-3-1-2-4-10(7)26-12(9)11/h1-6,8-9H/t8-,9+/m0/s1. The molecule has 0 unspecified atom stereocenters. The van der Waals surface area contributed by atoms with Crippen LogP contribution in [0.3, 0.4) is 0 Å². The fraction of sp³-hybridized carbons (Fsp3) is 0.231. The van der Waals surface area contributed by atoms with Crippen LogP contribution in [0, 0.1) is 40.5 Å². The summed E-state index contributed by atoms with van der Waals surface area (Å²) in [5.41, 5.74) is -0.239. The Hall–Kier alpha value is -3.90. The molecule has 0 spiro atoms. The van der Waals surface area contributed by atoms with Gasteiger partial charge in [-0.1, -0.05) is 24.3 Å². The summed E-state index contributed by atoms with van der Waals surface area (Å²) in [6.07, 6.45) is 1.58. The van der Waals surface area contributed by atoms with Crippen molar-refractivity contribution in [2.45, 2.75) is 17.7 Å². The van der Waals surface area contributed by atoms with Crippen LogP contribution < -0.4 is 0 Å². The van der Waals surface area contributed by atoms with E-state index in [9.17, 15) is 40.5 Å². The largest absolute Gasteiger partial charge is 0.710 e. The molecule has 1 aromatic carbocycles. The second-order valence-corrected chi connectivity index (χ2v) is 5.43. The van der Waals surface area contributed by atoms with Gasteiger partial charge in [0.15, 0.2) is 20.5 Å². The van der Waals surface area contributed by atoms with Crippen LogP contribution in [0.5, 0.6) is 0 Å². The van der Waals surface area contributed by atoms with Crippen molar-refractivity contribution in [3.05, 3.63) is 88.2 Å². The highest BCUT2D eigenvalue weighted by atomic mass is 16.7. The molecule has 13 heteroatoms. The lowest BCUT2D eigenvalue weighted by Crippen LogP contribution is -2.57. The third-order valence-corrected chi connectivity index (χ3v) is 4.18. The minimum absolute atomic E-state index is 0.0713. The summed E-state index contributed by atoms with van der Waals surface area (Å²) in [4.78, 5) is 39.9. The van der Waals surface area contributed by atoms with Gasteiger partial charge in [-0.05, 0) is 12.1 Å². The molecule has 0 amide bonds. The molecule has 0 bridgehead atoms. The summed E-state index contributed by atoms with van der Waals surface area (Å²) in [7, 11) is 0. The summed E-state index contributed by atoms with van der Waals surface area (Å²) < 4.78 is 5.37. The van der Waals surface area contributed by atoms with Crippen LogP contribution >= 0.6 is 0 Å². The predicted molar refractivity (Wildman–Crippen MR) is 81.5 cm³/mol. The first-order valence-electron chi connectivity index (χ1n) is 6.99. The van der Waals surface area contributed by atoms with Crippen LogP contribution in [-0.2, 0) is 0 Å². The zero-order valence-corrected chi connectivity index (χ0v) is 12.6. The maximum Gasteiger partial charge on any atom is 0.710 e. The number of nitrogens with zero attached hydrogens (tertiary/aromatic N) is 4. The summed E-state index contributed by atoms with van der Waals surface area (Å²) in [5, 5.41) is 45.6. The highest BCUT2D eigenvalue weighted by molar-refractivity contribution is 5.84. The Morgan fingerprint density at radius 3 is 2.00 bits per heavy atom. The van der Waals surface area contributed by atoms with Gasteiger partial charge in [-0.2, -0.15) is 0 Å². The Kier molecular flexibility index (Phi) is 3.63. The van der Waals surface area contributed by atoms with E-state index in [1.54, 1.807) is 0 Å². The van der Waals surface area contributed by atoms with Crippen molar-refractivity contribution in [2.75, 3.05) is 0 Å². The molecule has 0 saturated heterocycles. The van der Waals surface area contributed by atoms with Gasteiger partial charge >= 0.3 is 5.79 Å². The van der Waals surface area contributed by atoms with Gasteiger partial charge in [0, 0.05) is 15.9 Å². The summed E-state index contributed by atoms with van der Waals surface area (Å²) in [6.45, 7) is 0. The van der Waals surface area contributed by atoms with Crippen molar-refractivity contribution in [1.29, 1.82) is 0 Å². The van der Waals surface area contributed by atoms with Crippen LogP contribution in [0.15, 0.2) is 40.8 Å². The Morgan fingerprint density at radius 2 is 1.46 bits per heavy atom. The first-order chi connectivity index (χ1) is 12.2. The summed E-state index contributed by atoms with van der Waals surface area (Å²) >= 11 is 0. The first kappa shape index (κ1) is 16.9. The average Bonchev–Trinajstić information content (AvgIpc) is 2.93. The maximum absolute atomic E-state index is 11.4. The van der Waals surface area contributed by atoms with E-state index in [1.165, 1.54) is 24.3 Å². The molecule has 0 fully saturated rings. The number of rotatable bonds is 5. The molecule has 0 aliphatic heterocycles. The molecular weight excluding hydrogens is 356 g/mol. The van der Waals surface area contributed by atoms with Crippen molar-refractivity contribution in [3.8, 4) is 0 Å². The molecule has 1 heterocycles. The first-order valence-corrected chi connectivity index (χ1v) is 6.99. The van der Waals surface area contributed by atoms with Gasteiger partial charge in [-0.25, -0.2) is 0 Å². The number of hydrogen-bond donors (Lipinski definition) is 0. The van der Waals surface area contributed by atoms with Crippen molar-refractivity contribution in [1.82, 2.24) is 0 Å². The second-order valence-electron chi connectivity index (χ2n) is 5.43. The van der Waals surface area contributed by atoms with Crippen molar-refractivity contribution in [3.63, 3.8) is 0 Å². The zero-order chi connectivity index (χ0) is 19.2. The van der Waals surface area contributed by atoms with E-state index < -0.39 is 43.2 Å². The molecular formula is C13H8N4O9. The van der Waals surface area contributed by atoms with E-state index >= 15 is 0 Å². The summed E-state index contributed by atoms with van der Waals surface area (Å²) in [5.74, 6) is -6.25. The highest BCUT2D eigenvalue weighted by Gasteiger charge is 2.77. The fourth-order valence-electron chi connectivity index (χ4n) is 3.05. The van der Waals surface area contributed by atoms with Gasteiger partial charge in [0.05, 0.1) is 0 Å². The van der Waals surface area contributed by atoms with Crippen molar-refractivity contribution >= 4 is 11.0 Å². The fourth-order valence-corrected chi connectivity index (χ4v) is 3.05. The lowest BCUT2D eigenvalue weighted by atomic mass is 9.84. The van der Waals surface area contributed by atoms with E-state index in [0.29, 0.717) is 0 Å². The smallest absolute Gasteiger partial charge is 0.453 e. The molecule has 1 aliphatic carbocycles. The lowest BCUT2D eigenvalue weighted by molar-refractivity contribution is -0.972. The predicted octanol–water partition coefficient (Wildman–Crippen LogP) is 1.89. The number of hydrogen-bond acceptors (Lipinski definition) is 9. The molecule has 1 aromatic heterocycles. The van der Waals surface area contributed by atoms with Gasteiger partial charge in [0.1, 0.15) is 5.58 Å². The van der Waals surface area contributed by atoms with E-state index in [2.05, 4.69) is 0 Å². The number of para-hydroxylation sites is 1. The number of nitro groups is 4. The molecule has 1 aliphatic rings. The maximum atomic E-state index is 11.4. The molecule has 0 N–H and O–H groups in total. The third-order valence-electron chi connectivity index (χ3n) is 4.18. The lowest BCUT2D eigenvalue weighted by Gasteiger charge is -2.19. The minimum Gasteiger partial charge on any atom is -0.453 e. The molecule has 13 nitrogen and oxygen atoms in total. The van der Waals surface area contributed by atoms with Crippen LogP contribution in [0.1, 0.15) is 23.3 Å². The normalized spacial score (nSPS) is 19.1. The number of furan rings is 1. The Bertz CT molecular complexity index is 959. The third kappa shape index (κ3) is 2.03. The Labute approximate surface area is 142 Å². The van der Waals surface area contributed by atoms with Crippen LogP contribution in [0.25, 0.3) is 11.0 Å². The molecule has 3 rings (SSSR count). The van der Waals surface area contributed by atoms with Crippen LogP contribution in [0.4, 0.5) is 0 Å². The van der Waals surface area contributed by atoms with Gasteiger partial charge in [-0.3, -0.25) is 40.5 Å². The molecule has 2 aromatic rings. The summed E-state index contributed by atoms with van der Waals surface area (Å²) in [6, 6.07) is 4.18. The quantitative estimate of drug-likeness (QED) is 0.330. The molecule has 2 atom stereocenters. The van der Waals surface area contributed by atoms with Gasteiger partial charge in [-0.15, -0.1) is 0 Å². The number of benzene rings is 1. The minimum atomic E-state index is -3.85. The van der Waals surface area contributed by atoms with Crippen LogP contribution in [-0.4, -0.2) is 25.5 Å². The SMILES string of the molecule is O=[N+]([O-])[C@@H]1C=C[C@H](C([N+](=O)[O-])([N+](=O)[O-])[N+](=O)[O-])c2c1oc1ccccc21. The Morgan fingerprint density at radius 1 is 0.885 bits per heavy atom. The molecule has 0 radical (unpaired) electrons. The van der Waals surface area contributed by atoms with Crippen LogP contribution in [0.2, 0.25) is 0 Å². The van der Waals surface area contributed by atoms with E-state index in [1.807, 2.05) is 0 Å². The van der Waals surface area contributed by atoms with Gasteiger partial charge < -0.3 is 4.42 Å². The van der Waals surface area contributed by atoms with Gasteiger partial charge in [0.25, 0.3) is 6.04 Å². The van der Waals surface area contributed by atoms with E-state index in [4.69, 9.17) is 4.42 Å². The number of fused-ring (bicyclic) bond motifs is 3. The van der Waals surface area contributed by atoms with Gasteiger partial charge in [0.2, 0.25) is 5.92 Å². The monoisotopic (exact) mass is 364 g/mol. The van der Waals surface area contributed by atoms with E-state index in [0.717, 1.165) is 12.2 Å². The van der Waals surface area contributed by atoms with Crippen molar-refractivity contribution in [2.24, 2.45) is 0 Å². The van der Waals surface area contributed by atoms with Crippen molar-refractivity contribution < 1.29 is 24.1 Å².